The Morgan fingerprint density at radius 2 is 1.68 bits per heavy atom. The van der Waals surface area contributed by atoms with Crippen molar-refractivity contribution < 1.29 is 5.21 Å². The Hall–Kier alpha value is -4.17. The molecule has 8 heteroatoms. The molecule has 0 radical (unpaired) electrons. The lowest BCUT2D eigenvalue weighted by atomic mass is 10.1. The van der Waals surface area contributed by atoms with Gasteiger partial charge in [0, 0.05) is 35.8 Å². The van der Waals surface area contributed by atoms with E-state index in [-0.39, 0.29) is 0 Å². The maximum atomic E-state index is 10.6. The van der Waals surface area contributed by atoms with E-state index in [4.69, 9.17) is 0 Å². The van der Waals surface area contributed by atoms with Crippen LogP contribution in [0.4, 0.5) is 0 Å². The van der Waals surface area contributed by atoms with Crippen LogP contribution in [0.1, 0.15) is 30.4 Å². The Labute approximate surface area is 196 Å². The Kier molecular flexibility index (Phi) is 5.97. The predicted octanol–water partition coefficient (Wildman–Crippen LogP) is 4.26. The first-order chi connectivity index (χ1) is 16.6. The number of benzene rings is 2. The van der Waals surface area contributed by atoms with Crippen molar-refractivity contribution >= 4 is 11.5 Å². The van der Waals surface area contributed by atoms with Crippen molar-refractivity contribution in [2.75, 3.05) is 0 Å². The third kappa shape index (κ3) is 4.23. The van der Waals surface area contributed by atoms with Gasteiger partial charge >= 0.3 is 0 Å². The number of aromatic nitrogens is 2. The van der Waals surface area contributed by atoms with Crippen LogP contribution >= 0.6 is 0 Å². The van der Waals surface area contributed by atoms with Gasteiger partial charge < -0.3 is 4.57 Å². The lowest BCUT2D eigenvalue weighted by Crippen LogP contribution is -2.22. The summed E-state index contributed by atoms with van der Waals surface area (Å²) in [5.41, 5.74) is 2.81. The third-order valence-electron chi connectivity index (χ3n) is 5.78. The van der Waals surface area contributed by atoms with Crippen molar-refractivity contribution in [3.05, 3.63) is 111 Å². The number of allylic oxidation sites excluding steroid dienone is 2. The second kappa shape index (κ2) is 9.36. The summed E-state index contributed by atoms with van der Waals surface area (Å²) in [5, 5.41) is 30.8. The highest BCUT2D eigenvalue weighted by Crippen LogP contribution is 2.13. The smallest absolute Gasteiger partial charge is 0.207 e. The van der Waals surface area contributed by atoms with Crippen LogP contribution in [0.2, 0.25) is 0 Å². The van der Waals surface area contributed by atoms with E-state index in [1.54, 1.807) is 12.3 Å². The van der Waals surface area contributed by atoms with Gasteiger partial charge in [-0.1, -0.05) is 49.4 Å². The monoisotopic (exact) mass is 451 g/mol. The summed E-state index contributed by atoms with van der Waals surface area (Å²) in [4.78, 5) is 4.69. The third-order valence-corrected chi connectivity index (χ3v) is 5.78. The quantitative estimate of drug-likeness (QED) is 0.643. The summed E-state index contributed by atoms with van der Waals surface area (Å²) < 4.78 is 2.21. The lowest BCUT2D eigenvalue weighted by Gasteiger charge is -2.16. The van der Waals surface area contributed by atoms with Crippen molar-refractivity contribution in [3.8, 4) is 0 Å². The molecule has 5 rings (SSSR count). The zero-order valence-electron chi connectivity index (χ0n) is 19.1. The van der Waals surface area contributed by atoms with Gasteiger partial charge in [-0.3, -0.25) is 5.21 Å². The molecule has 34 heavy (non-hydrogen) atoms. The standard InChI is InChI=1S/C26H25N7O/c1-3-8-25-27-18(2)16-32(25)17-19-12-13-21(23(15-19)24-11-6-7-14-33(24)34)20-9-4-5-10-22(20)26-28-30-31-29-26/h4-7,9-16,34H,3,8,17H2,1-2H3. The summed E-state index contributed by atoms with van der Waals surface area (Å²) >= 11 is 0. The van der Waals surface area contributed by atoms with Crippen LogP contribution in [0.3, 0.4) is 0 Å². The molecule has 3 heterocycles. The first-order valence-corrected chi connectivity index (χ1v) is 11.3. The van der Waals surface area contributed by atoms with Gasteiger partial charge in [0.2, 0.25) is 5.82 Å². The molecule has 0 bridgehead atoms. The normalized spacial score (nSPS) is 17.3. The molecule has 3 aromatic rings. The Morgan fingerprint density at radius 1 is 0.912 bits per heavy atom. The molecule has 1 aromatic heterocycles. The Balaban J connectivity index is 1.80. The number of aryl methyl sites for hydroxylation is 2. The van der Waals surface area contributed by atoms with Crippen molar-refractivity contribution in [2.45, 2.75) is 33.2 Å². The molecule has 0 unspecified atom stereocenters. The largest absolute Gasteiger partial charge is 0.330 e. The molecule has 170 valence electrons. The highest BCUT2D eigenvalue weighted by Gasteiger charge is 2.10. The number of nitrogens with zero attached hydrogens (tertiary/aromatic N) is 7. The highest BCUT2D eigenvalue weighted by molar-refractivity contribution is 5.58. The van der Waals surface area contributed by atoms with Crippen LogP contribution in [-0.4, -0.2) is 19.8 Å². The van der Waals surface area contributed by atoms with E-state index < -0.39 is 0 Å². The van der Waals surface area contributed by atoms with E-state index in [9.17, 15) is 5.21 Å². The molecular formula is C26H25N7O. The molecule has 1 N–H and O–H groups in total. The van der Waals surface area contributed by atoms with E-state index in [2.05, 4.69) is 61.5 Å². The van der Waals surface area contributed by atoms with E-state index in [0.29, 0.717) is 18.1 Å². The van der Waals surface area contributed by atoms with E-state index in [0.717, 1.165) is 55.9 Å². The van der Waals surface area contributed by atoms with Gasteiger partial charge in [-0.15, -0.1) is 10.2 Å². The van der Waals surface area contributed by atoms with Gasteiger partial charge in [-0.25, -0.2) is 10.0 Å². The second-order valence-corrected chi connectivity index (χ2v) is 8.23. The first kappa shape index (κ1) is 21.7. The molecule has 0 spiro atoms. The Morgan fingerprint density at radius 3 is 2.44 bits per heavy atom. The molecule has 8 nitrogen and oxygen atoms in total. The number of hydrogen-bond acceptors (Lipinski definition) is 7. The summed E-state index contributed by atoms with van der Waals surface area (Å²) in [5.74, 6) is 1.55. The van der Waals surface area contributed by atoms with Crippen LogP contribution in [0.5, 0.6) is 0 Å². The number of hydrogen-bond donors (Lipinski definition) is 1. The summed E-state index contributed by atoms with van der Waals surface area (Å²) in [6, 6.07) is 14.2. The Bertz CT molecular complexity index is 1560. The molecule has 2 aliphatic rings. The van der Waals surface area contributed by atoms with Crippen LogP contribution in [-0.2, 0) is 13.0 Å². The molecule has 0 aliphatic carbocycles. The minimum Gasteiger partial charge on any atom is -0.330 e. The van der Waals surface area contributed by atoms with Crippen LogP contribution < -0.4 is 10.4 Å². The SMILES string of the molecule is CCCc1nc(C)cn1Cc1ccc(=c2ccccc2=C2N=NN=N2)c(=C2C=CC=CN2O)c1. The second-order valence-electron chi connectivity index (χ2n) is 8.23. The van der Waals surface area contributed by atoms with Gasteiger partial charge in [-0.05, 0) is 58.0 Å². The average molecular weight is 452 g/mol. The minimum absolute atomic E-state index is 0.466. The van der Waals surface area contributed by atoms with Crippen molar-refractivity contribution in [1.29, 1.82) is 0 Å². The molecule has 0 saturated heterocycles. The van der Waals surface area contributed by atoms with Crippen molar-refractivity contribution in [1.82, 2.24) is 14.6 Å². The number of hydroxylamine groups is 2. The summed E-state index contributed by atoms with van der Waals surface area (Å²) in [6.07, 6.45) is 11.3. The van der Waals surface area contributed by atoms with Crippen LogP contribution in [0.25, 0.3) is 11.5 Å². The van der Waals surface area contributed by atoms with Crippen LogP contribution in [0.15, 0.2) is 93.8 Å². The van der Waals surface area contributed by atoms with Gasteiger partial charge in [-0.2, -0.15) is 0 Å². The van der Waals surface area contributed by atoms with Crippen molar-refractivity contribution in [2.24, 2.45) is 20.7 Å². The maximum absolute atomic E-state index is 10.6. The maximum Gasteiger partial charge on any atom is 0.207 e. The molecule has 2 aliphatic heterocycles. The molecule has 0 amide bonds. The minimum atomic E-state index is 0.466. The van der Waals surface area contributed by atoms with Gasteiger partial charge in [0.05, 0.1) is 11.4 Å². The fraction of sp³-hybridized carbons (Fsp3) is 0.192. The van der Waals surface area contributed by atoms with E-state index in [1.165, 1.54) is 0 Å². The molecule has 2 aromatic carbocycles. The fourth-order valence-electron chi connectivity index (χ4n) is 4.30. The first-order valence-electron chi connectivity index (χ1n) is 11.3. The lowest BCUT2D eigenvalue weighted by molar-refractivity contribution is 0.0241. The predicted molar refractivity (Wildman–Crippen MR) is 128 cm³/mol. The zero-order valence-corrected chi connectivity index (χ0v) is 19.1. The number of imidazole rings is 1. The summed E-state index contributed by atoms with van der Waals surface area (Å²) in [6.45, 7) is 4.88. The number of rotatable bonds is 4. The van der Waals surface area contributed by atoms with Gasteiger partial charge in [0.1, 0.15) is 5.82 Å². The molecule has 0 saturated carbocycles. The fourth-order valence-corrected chi connectivity index (χ4v) is 4.30. The highest BCUT2D eigenvalue weighted by atomic mass is 16.5. The average Bonchev–Trinajstić information content (AvgIpc) is 3.50. The molecule has 0 fully saturated rings. The van der Waals surface area contributed by atoms with Gasteiger partial charge in [0.15, 0.2) is 0 Å². The molecule has 0 atom stereocenters. The zero-order chi connectivity index (χ0) is 23.5. The summed E-state index contributed by atoms with van der Waals surface area (Å²) in [7, 11) is 0. The topological polar surface area (TPSA) is 90.7 Å². The van der Waals surface area contributed by atoms with E-state index >= 15 is 0 Å². The van der Waals surface area contributed by atoms with E-state index in [1.807, 2.05) is 43.3 Å². The molecular weight excluding hydrogens is 426 g/mol. The van der Waals surface area contributed by atoms with Crippen molar-refractivity contribution in [3.63, 3.8) is 0 Å². The van der Waals surface area contributed by atoms with Crippen LogP contribution in [0, 0.1) is 17.4 Å². The van der Waals surface area contributed by atoms with Gasteiger partial charge in [0.25, 0.3) is 0 Å².